The van der Waals surface area contributed by atoms with E-state index in [2.05, 4.69) is 41.4 Å². The molecule has 1 aliphatic heterocycles. The van der Waals surface area contributed by atoms with E-state index in [1.807, 2.05) is 13.0 Å². The maximum Gasteiger partial charge on any atom is 0.255 e. The summed E-state index contributed by atoms with van der Waals surface area (Å²) in [5, 5.41) is 3.27. The Balaban J connectivity index is 1.61. The first kappa shape index (κ1) is 21.4. The van der Waals surface area contributed by atoms with Crippen molar-refractivity contribution in [3.8, 4) is 5.75 Å². The van der Waals surface area contributed by atoms with Gasteiger partial charge in [0, 0.05) is 31.7 Å². The molecular formula is C22H28ClN3O3. The van der Waals surface area contributed by atoms with Crippen molar-refractivity contribution in [3.63, 3.8) is 0 Å². The number of benzene rings is 2. The van der Waals surface area contributed by atoms with Crippen molar-refractivity contribution >= 4 is 23.2 Å². The topological polar surface area (TPSA) is 76.8 Å². The maximum atomic E-state index is 12.7. The van der Waals surface area contributed by atoms with Crippen LogP contribution in [0.4, 0.5) is 5.69 Å². The molecule has 2 unspecified atom stereocenters. The van der Waals surface area contributed by atoms with Crippen molar-refractivity contribution in [1.82, 2.24) is 10.2 Å². The zero-order valence-electron chi connectivity index (χ0n) is 16.9. The summed E-state index contributed by atoms with van der Waals surface area (Å²) in [5.41, 5.74) is 7.86. The number of anilines is 1. The Morgan fingerprint density at radius 2 is 2.14 bits per heavy atom. The van der Waals surface area contributed by atoms with Crippen LogP contribution in [0.5, 0.6) is 5.75 Å². The summed E-state index contributed by atoms with van der Waals surface area (Å²) in [5.74, 6) is 0.169. The average Bonchev–Trinajstić information content (AvgIpc) is 2.75. The van der Waals surface area contributed by atoms with Gasteiger partial charge < -0.3 is 20.5 Å². The van der Waals surface area contributed by atoms with E-state index in [0.29, 0.717) is 47.8 Å². The quantitative estimate of drug-likeness (QED) is 0.674. The fourth-order valence-corrected chi connectivity index (χ4v) is 3.65. The second kappa shape index (κ2) is 9.96. The van der Waals surface area contributed by atoms with Crippen molar-refractivity contribution in [2.75, 3.05) is 38.6 Å². The van der Waals surface area contributed by atoms with E-state index in [4.69, 9.17) is 26.8 Å². The summed E-state index contributed by atoms with van der Waals surface area (Å²) in [6.07, 6.45) is -0.0846. The molecule has 2 aromatic rings. The van der Waals surface area contributed by atoms with Gasteiger partial charge in [0.25, 0.3) is 5.91 Å². The third kappa shape index (κ3) is 5.41. The van der Waals surface area contributed by atoms with Gasteiger partial charge in [-0.2, -0.15) is 0 Å². The molecule has 3 N–H and O–H groups in total. The Bertz CT molecular complexity index is 832. The van der Waals surface area contributed by atoms with Crippen LogP contribution in [0.25, 0.3) is 0 Å². The number of carbonyl (C=O) groups is 1. The minimum atomic E-state index is -0.257. The van der Waals surface area contributed by atoms with Gasteiger partial charge in [-0.3, -0.25) is 9.69 Å². The molecule has 6 nitrogen and oxygen atoms in total. The monoisotopic (exact) mass is 417 g/mol. The highest BCUT2D eigenvalue weighted by atomic mass is 35.5. The lowest BCUT2D eigenvalue weighted by molar-refractivity contribution is -0.0393. The molecule has 29 heavy (non-hydrogen) atoms. The van der Waals surface area contributed by atoms with E-state index in [-0.39, 0.29) is 12.0 Å². The molecule has 1 heterocycles. The summed E-state index contributed by atoms with van der Waals surface area (Å²) in [7, 11) is 0. The zero-order chi connectivity index (χ0) is 20.8. The van der Waals surface area contributed by atoms with E-state index in [1.54, 1.807) is 12.1 Å². The lowest BCUT2D eigenvalue weighted by atomic mass is 10.1. The molecule has 1 amide bonds. The fraction of sp³-hybridized carbons (Fsp3) is 0.409. The van der Waals surface area contributed by atoms with Crippen molar-refractivity contribution in [2.24, 2.45) is 0 Å². The molecule has 1 saturated heterocycles. The Kier molecular flexibility index (Phi) is 7.36. The fourth-order valence-electron chi connectivity index (χ4n) is 3.48. The summed E-state index contributed by atoms with van der Waals surface area (Å²) in [6, 6.07) is 13.8. The van der Waals surface area contributed by atoms with Crippen LogP contribution in [0, 0.1) is 0 Å². The van der Waals surface area contributed by atoms with E-state index in [1.165, 1.54) is 5.56 Å². The number of nitrogens with zero attached hydrogens (tertiary/aromatic N) is 1. The highest BCUT2D eigenvalue weighted by Crippen LogP contribution is 2.29. The van der Waals surface area contributed by atoms with Crippen molar-refractivity contribution < 1.29 is 14.3 Å². The zero-order valence-corrected chi connectivity index (χ0v) is 17.6. The number of ether oxygens (including phenoxy) is 2. The predicted molar refractivity (Wildman–Crippen MR) is 116 cm³/mol. The first-order chi connectivity index (χ1) is 14.0. The standard InChI is InChI=1S/C22H28ClN3O3/c1-3-28-21-12-20(24)19(23)11-18(21)22(27)25-13-17-14-26(9-10-29-17)15(2)16-7-5-4-6-8-16/h4-8,11-12,15,17H,3,9-10,13-14,24H2,1-2H3,(H,25,27). The molecule has 1 fully saturated rings. The molecule has 7 heteroatoms. The molecular weight excluding hydrogens is 390 g/mol. The molecule has 0 radical (unpaired) electrons. The van der Waals surface area contributed by atoms with Gasteiger partial charge in [0.05, 0.1) is 35.6 Å². The van der Waals surface area contributed by atoms with Crippen molar-refractivity contribution in [2.45, 2.75) is 26.0 Å². The number of amides is 1. The molecule has 156 valence electrons. The average molecular weight is 418 g/mol. The number of nitrogen functional groups attached to an aromatic ring is 1. The summed E-state index contributed by atoms with van der Waals surface area (Å²) < 4.78 is 11.4. The van der Waals surface area contributed by atoms with E-state index < -0.39 is 0 Å². The van der Waals surface area contributed by atoms with Crippen LogP contribution >= 0.6 is 11.6 Å². The molecule has 0 spiro atoms. The molecule has 1 aliphatic rings. The number of nitrogens with one attached hydrogen (secondary N) is 1. The van der Waals surface area contributed by atoms with Crippen LogP contribution < -0.4 is 15.8 Å². The normalized spacial score (nSPS) is 18.2. The molecule has 3 rings (SSSR count). The van der Waals surface area contributed by atoms with Gasteiger partial charge in [-0.05, 0) is 25.5 Å². The lowest BCUT2D eigenvalue weighted by Crippen LogP contribution is -2.48. The van der Waals surface area contributed by atoms with Crippen LogP contribution in [0.1, 0.15) is 35.8 Å². The summed E-state index contributed by atoms with van der Waals surface area (Å²) in [6.45, 7) is 7.13. The third-order valence-electron chi connectivity index (χ3n) is 5.13. The Labute approximate surface area is 176 Å². The van der Waals surface area contributed by atoms with Crippen molar-refractivity contribution in [3.05, 3.63) is 58.6 Å². The van der Waals surface area contributed by atoms with E-state index in [0.717, 1.165) is 13.1 Å². The van der Waals surface area contributed by atoms with E-state index in [9.17, 15) is 4.79 Å². The van der Waals surface area contributed by atoms with Gasteiger partial charge >= 0.3 is 0 Å². The first-order valence-corrected chi connectivity index (χ1v) is 10.3. The molecule has 2 atom stereocenters. The Morgan fingerprint density at radius 1 is 1.38 bits per heavy atom. The van der Waals surface area contributed by atoms with Gasteiger partial charge in [-0.1, -0.05) is 41.9 Å². The number of hydrogen-bond donors (Lipinski definition) is 2. The summed E-state index contributed by atoms with van der Waals surface area (Å²) in [4.78, 5) is 15.1. The second-order valence-electron chi connectivity index (χ2n) is 7.09. The van der Waals surface area contributed by atoms with Gasteiger partial charge in [0.2, 0.25) is 0 Å². The number of carbonyl (C=O) groups excluding carboxylic acids is 1. The van der Waals surface area contributed by atoms with Crippen LogP contribution in [-0.4, -0.2) is 49.8 Å². The minimum absolute atomic E-state index is 0.0846. The van der Waals surface area contributed by atoms with Crippen LogP contribution in [0.3, 0.4) is 0 Å². The Morgan fingerprint density at radius 3 is 2.86 bits per heavy atom. The van der Waals surface area contributed by atoms with E-state index >= 15 is 0 Å². The molecule has 0 aliphatic carbocycles. The molecule has 0 aromatic heterocycles. The number of nitrogens with two attached hydrogens (primary N) is 1. The predicted octanol–water partition coefficient (Wildman–Crippen LogP) is 3.51. The van der Waals surface area contributed by atoms with Gasteiger partial charge in [0.15, 0.2) is 0 Å². The van der Waals surface area contributed by atoms with Gasteiger partial charge in [-0.15, -0.1) is 0 Å². The van der Waals surface area contributed by atoms with Crippen LogP contribution in [0.2, 0.25) is 5.02 Å². The highest BCUT2D eigenvalue weighted by Gasteiger charge is 2.26. The first-order valence-electron chi connectivity index (χ1n) is 9.90. The molecule has 0 saturated carbocycles. The SMILES string of the molecule is CCOc1cc(N)c(Cl)cc1C(=O)NCC1CN(C(C)c2ccccc2)CCO1. The van der Waals surface area contributed by atoms with Gasteiger partial charge in [-0.25, -0.2) is 0 Å². The highest BCUT2D eigenvalue weighted by molar-refractivity contribution is 6.33. The smallest absolute Gasteiger partial charge is 0.255 e. The van der Waals surface area contributed by atoms with Crippen molar-refractivity contribution in [1.29, 1.82) is 0 Å². The van der Waals surface area contributed by atoms with Gasteiger partial charge in [0.1, 0.15) is 5.75 Å². The molecule has 2 aromatic carbocycles. The number of hydrogen-bond acceptors (Lipinski definition) is 5. The number of morpholine rings is 1. The third-order valence-corrected chi connectivity index (χ3v) is 5.46. The lowest BCUT2D eigenvalue weighted by Gasteiger charge is -2.37. The summed E-state index contributed by atoms with van der Waals surface area (Å²) >= 11 is 6.10. The Hall–Kier alpha value is -2.28. The van der Waals surface area contributed by atoms with Crippen LogP contribution in [-0.2, 0) is 4.74 Å². The molecule has 0 bridgehead atoms. The van der Waals surface area contributed by atoms with Crippen LogP contribution in [0.15, 0.2) is 42.5 Å². The number of halogens is 1. The maximum absolute atomic E-state index is 12.7. The second-order valence-corrected chi connectivity index (χ2v) is 7.49. The number of rotatable bonds is 7. The largest absolute Gasteiger partial charge is 0.493 e. The minimum Gasteiger partial charge on any atom is -0.493 e.